The van der Waals surface area contributed by atoms with Crippen molar-refractivity contribution < 1.29 is 9.53 Å². The van der Waals surface area contributed by atoms with Gasteiger partial charge in [0.2, 0.25) is 0 Å². The first-order valence-electron chi connectivity index (χ1n) is 7.37. The van der Waals surface area contributed by atoms with Crippen LogP contribution in [0.3, 0.4) is 0 Å². The molecule has 3 rings (SSSR count). The molecule has 2 heterocycles. The molecule has 1 aromatic carbocycles. The van der Waals surface area contributed by atoms with Gasteiger partial charge in [-0.3, -0.25) is 9.59 Å². The summed E-state index contributed by atoms with van der Waals surface area (Å²) >= 11 is 2.88. The lowest BCUT2D eigenvalue weighted by molar-refractivity contribution is -0.141. The molecule has 0 aliphatic carbocycles. The number of aryl methyl sites for hydroxylation is 2. The van der Waals surface area contributed by atoms with E-state index in [1.807, 2.05) is 44.2 Å². The number of carbonyl (C=O) groups excluding carboxylic acids is 1. The maximum Gasteiger partial charge on any atom is 0.316 e. The Morgan fingerprint density at radius 3 is 2.79 bits per heavy atom. The first-order chi connectivity index (χ1) is 11.5. The molecular weight excluding hydrogens is 344 g/mol. The number of nitrogens with zero attached hydrogens (tertiary/aromatic N) is 1. The maximum atomic E-state index is 12.2. The smallest absolute Gasteiger partial charge is 0.316 e. The normalized spacial score (nSPS) is 10.9. The Balaban J connectivity index is 1.63. The number of H-pyrrole nitrogens is 1. The third-order valence-electron chi connectivity index (χ3n) is 3.56. The Kier molecular flexibility index (Phi) is 5.01. The molecule has 24 heavy (non-hydrogen) atoms. The summed E-state index contributed by atoms with van der Waals surface area (Å²) in [6.45, 7) is 3.84. The van der Waals surface area contributed by atoms with Gasteiger partial charge >= 0.3 is 5.97 Å². The largest absolute Gasteiger partial charge is 0.457 e. The van der Waals surface area contributed by atoms with Gasteiger partial charge in [-0.05, 0) is 31.5 Å². The molecule has 3 aromatic rings. The number of nitrogens with one attached hydrogen (secondary N) is 1. The van der Waals surface area contributed by atoms with Crippen LogP contribution in [0.1, 0.15) is 16.3 Å². The van der Waals surface area contributed by atoms with E-state index < -0.39 is 0 Å². The Morgan fingerprint density at radius 2 is 2.04 bits per heavy atom. The van der Waals surface area contributed by atoms with E-state index in [0.717, 1.165) is 15.3 Å². The van der Waals surface area contributed by atoms with Gasteiger partial charge in [0.1, 0.15) is 17.3 Å². The molecule has 0 atom stereocenters. The van der Waals surface area contributed by atoms with Gasteiger partial charge in [0.25, 0.3) is 5.56 Å². The van der Waals surface area contributed by atoms with Crippen LogP contribution in [0, 0.1) is 13.8 Å². The van der Waals surface area contributed by atoms with Gasteiger partial charge < -0.3 is 9.72 Å². The Hall–Kier alpha value is -2.12. The van der Waals surface area contributed by atoms with E-state index >= 15 is 0 Å². The topological polar surface area (TPSA) is 72.0 Å². The van der Waals surface area contributed by atoms with E-state index in [1.165, 1.54) is 23.1 Å². The van der Waals surface area contributed by atoms with Crippen LogP contribution in [0.2, 0.25) is 0 Å². The SMILES string of the molecule is Cc1sc2nc(COC(=O)CSc3ccccc3)[nH]c(=O)c2c1C. The molecule has 0 fully saturated rings. The lowest BCUT2D eigenvalue weighted by atomic mass is 10.2. The molecule has 0 aliphatic heterocycles. The number of rotatable bonds is 5. The van der Waals surface area contributed by atoms with Crippen molar-refractivity contribution in [3.8, 4) is 0 Å². The summed E-state index contributed by atoms with van der Waals surface area (Å²) in [4.78, 5) is 33.8. The predicted octanol–water partition coefficient (Wildman–Crippen LogP) is 3.44. The quantitative estimate of drug-likeness (QED) is 0.557. The summed E-state index contributed by atoms with van der Waals surface area (Å²) in [6.07, 6.45) is 0. The van der Waals surface area contributed by atoms with Crippen LogP contribution in [-0.2, 0) is 16.1 Å². The molecule has 0 amide bonds. The molecule has 124 valence electrons. The summed E-state index contributed by atoms with van der Waals surface area (Å²) in [5.74, 6) is 0.241. The van der Waals surface area contributed by atoms with Crippen LogP contribution in [-0.4, -0.2) is 21.7 Å². The van der Waals surface area contributed by atoms with Gasteiger partial charge in [0, 0.05) is 9.77 Å². The molecule has 0 aliphatic rings. The van der Waals surface area contributed by atoms with E-state index in [2.05, 4.69) is 9.97 Å². The number of thiophene rings is 1. The van der Waals surface area contributed by atoms with E-state index in [4.69, 9.17) is 4.74 Å². The van der Waals surface area contributed by atoms with Crippen LogP contribution >= 0.6 is 23.1 Å². The van der Waals surface area contributed by atoms with Crippen molar-refractivity contribution in [1.29, 1.82) is 0 Å². The lowest BCUT2D eigenvalue weighted by Gasteiger charge is -2.04. The fourth-order valence-electron chi connectivity index (χ4n) is 2.22. The highest BCUT2D eigenvalue weighted by molar-refractivity contribution is 8.00. The molecule has 0 unspecified atom stereocenters. The number of ether oxygens (including phenoxy) is 1. The summed E-state index contributed by atoms with van der Waals surface area (Å²) in [5, 5.41) is 0.618. The van der Waals surface area contributed by atoms with Crippen molar-refractivity contribution >= 4 is 39.3 Å². The summed E-state index contributed by atoms with van der Waals surface area (Å²) in [6, 6.07) is 9.64. The minimum atomic E-state index is -0.342. The third kappa shape index (κ3) is 3.68. The number of hydrogen-bond donors (Lipinski definition) is 1. The zero-order chi connectivity index (χ0) is 17.1. The summed E-state index contributed by atoms with van der Waals surface area (Å²) in [7, 11) is 0. The molecule has 0 radical (unpaired) electrons. The molecule has 0 saturated heterocycles. The number of aromatic amines is 1. The number of aromatic nitrogens is 2. The van der Waals surface area contributed by atoms with E-state index in [1.54, 1.807) is 0 Å². The number of carbonyl (C=O) groups is 1. The fraction of sp³-hybridized carbons (Fsp3) is 0.235. The van der Waals surface area contributed by atoms with Gasteiger partial charge in [-0.15, -0.1) is 23.1 Å². The molecule has 2 aromatic heterocycles. The number of esters is 1. The lowest BCUT2D eigenvalue weighted by Crippen LogP contribution is -2.15. The van der Waals surface area contributed by atoms with Crippen LogP contribution in [0.4, 0.5) is 0 Å². The molecule has 0 spiro atoms. The van der Waals surface area contributed by atoms with Crippen molar-refractivity contribution in [2.24, 2.45) is 0 Å². The van der Waals surface area contributed by atoms with Gasteiger partial charge in [0.15, 0.2) is 0 Å². The Labute approximate surface area is 147 Å². The molecule has 0 bridgehead atoms. The zero-order valence-corrected chi connectivity index (χ0v) is 14.9. The highest BCUT2D eigenvalue weighted by Gasteiger charge is 2.13. The van der Waals surface area contributed by atoms with E-state index in [0.29, 0.717) is 16.0 Å². The average Bonchev–Trinajstić information content (AvgIpc) is 2.86. The average molecular weight is 360 g/mol. The third-order valence-corrected chi connectivity index (χ3v) is 5.64. The zero-order valence-electron chi connectivity index (χ0n) is 13.3. The highest BCUT2D eigenvalue weighted by Crippen LogP contribution is 2.25. The van der Waals surface area contributed by atoms with Crippen molar-refractivity contribution in [2.45, 2.75) is 25.3 Å². The molecule has 0 saturated carbocycles. The summed E-state index contributed by atoms with van der Waals surface area (Å²) in [5.41, 5.74) is 0.762. The van der Waals surface area contributed by atoms with E-state index in [9.17, 15) is 9.59 Å². The second-order valence-corrected chi connectivity index (χ2v) is 7.49. The van der Waals surface area contributed by atoms with Crippen molar-refractivity contribution in [3.63, 3.8) is 0 Å². The standard InChI is InChI=1S/C17H16N2O3S2/c1-10-11(2)24-17-15(10)16(21)18-13(19-17)8-22-14(20)9-23-12-6-4-3-5-7-12/h3-7H,8-9H2,1-2H3,(H,18,19,21). The molecule has 5 nitrogen and oxygen atoms in total. The van der Waals surface area contributed by atoms with Gasteiger partial charge in [0.05, 0.1) is 11.1 Å². The monoisotopic (exact) mass is 360 g/mol. The minimum absolute atomic E-state index is 0.0324. The number of thioether (sulfide) groups is 1. The highest BCUT2D eigenvalue weighted by atomic mass is 32.2. The van der Waals surface area contributed by atoms with Crippen LogP contribution in [0.5, 0.6) is 0 Å². The van der Waals surface area contributed by atoms with Crippen LogP contribution in [0.25, 0.3) is 10.2 Å². The number of fused-ring (bicyclic) bond motifs is 1. The Bertz CT molecular complexity index is 932. The fourth-order valence-corrected chi connectivity index (χ4v) is 3.98. The van der Waals surface area contributed by atoms with E-state index in [-0.39, 0.29) is 23.9 Å². The first kappa shape index (κ1) is 16.7. The van der Waals surface area contributed by atoms with Gasteiger partial charge in [-0.25, -0.2) is 4.98 Å². The number of benzene rings is 1. The van der Waals surface area contributed by atoms with Gasteiger partial charge in [-0.1, -0.05) is 18.2 Å². The molecule has 1 N–H and O–H groups in total. The van der Waals surface area contributed by atoms with Crippen molar-refractivity contribution in [1.82, 2.24) is 9.97 Å². The van der Waals surface area contributed by atoms with Crippen LogP contribution in [0.15, 0.2) is 40.0 Å². The number of hydrogen-bond acceptors (Lipinski definition) is 6. The second-order valence-electron chi connectivity index (χ2n) is 5.24. The van der Waals surface area contributed by atoms with Gasteiger partial charge in [-0.2, -0.15) is 0 Å². The Morgan fingerprint density at radius 1 is 1.29 bits per heavy atom. The second kappa shape index (κ2) is 7.19. The first-order valence-corrected chi connectivity index (χ1v) is 9.17. The van der Waals surface area contributed by atoms with Crippen molar-refractivity contribution in [3.05, 3.63) is 57.0 Å². The molecule has 7 heteroatoms. The van der Waals surface area contributed by atoms with Crippen molar-refractivity contribution in [2.75, 3.05) is 5.75 Å². The van der Waals surface area contributed by atoms with Crippen LogP contribution < -0.4 is 5.56 Å². The summed E-state index contributed by atoms with van der Waals surface area (Å²) < 4.78 is 5.20. The predicted molar refractivity (Wildman–Crippen MR) is 96.7 cm³/mol. The minimum Gasteiger partial charge on any atom is -0.457 e. The maximum absolute atomic E-state index is 12.2. The molecular formula is C17H16N2O3S2.